The van der Waals surface area contributed by atoms with Gasteiger partial charge in [0.2, 0.25) is 0 Å². The van der Waals surface area contributed by atoms with Crippen molar-refractivity contribution in [3.8, 4) is 0 Å². The molecule has 1 aromatic carbocycles. The van der Waals surface area contributed by atoms with Crippen LogP contribution in [-0.2, 0) is 5.41 Å². The molecule has 0 spiro atoms. The molecule has 0 bridgehead atoms. The summed E-state index contributed by atoms with van der Waals surface area (Å²) < 4.78 is 0. The van der Waals surface area contributed by atoms with Gasteiger partial charge >= 0.3 is 0 Å². The van der Waals surface area contributed by atoms with Gasteiger partial charge in [0.05, 0.1) is 0 Å². The number of anilines is 3. The van der Waals surface area contributed by atoms with E-state index in [0.717, 1.165) is 23.1 Å². The Kier molecular flexibility index (Phi) is 4.64. The van der Waals surface area contributed by atoms with Crippen LogP contribution in [0.25, 0.3) is 0 Å². The maximum Gasteiger partial charge on any atom is 0.136 e. The fourth-order valence-electron chi connectivity index (χ4n) is 2.46. The standard InChI is InChI=1S/C19H28N4/c1-13-20-16(12-17(21-13)23-19(5,6)7)22-15-11-9-8-10-14(15)18(2,3)4/h8-12H,1-7H3,(H2,20,21,22,23). The first-order valence-electron chi connectivity index (χ1n) is 8.05. The third kappa shape index (κ3) is 4.95. The second-order valence-electron chi connectivity index (χ2n) is 7.98. The Morgan fingerprint density at radius 2 is 1.48 bits per heavy atom. The predicted octanol–water partition coefficient (Wildman–Crippen LogP) is 5.04. The summed E-state index contributed by atoms with van der Waals surface area (Å²) in [4.78, 5) is 8.99. The number of hydrogen-bond donors (Lipinski definition) is 2. The van der Waals surface area contributed by atoms with Crippen LogP contribution in [0.2, 0.25) is 0 Å². The third-order valence-electron chi connectivity index (χ3n) is 3.34. The summed E-state index contributed by atoms with van der Waals surface area (Å²) >= 11 is 0. The average molecular weight is 312 g/mol. The molecule has 0 fully saturated rings. The molecule has 4 nitrogen and oxygen atoms in total. The molecule has 124 valence electrons. The highest BCUT2D eigenvalue weighted by molar-refractivity contribution is 5.64. The summed E-state index contributed by atoms with van der Waals surface area (Å²) in [6, 6.07) is 10.3. The Hall–Kier alpha value is -2.10. The van der Waals surface area contributed by atoms with Crippen molar-refractivity contribution in [3.63, 3.8) is 0 Å². The predicted molar refractivity (Wildman–Crippen MR) is 98.6 cm³/mol. The lowest BCUT2D eigenvalue weighted by molar-refractivity contribution is 0.592. The minimum atomic E-state index is -0.0403. The van der Waals surface area contributed by atoms with Gasteiger partial charge in [0.15, 0.2) is 0 Å². The maximum atomic E-state index is 4.52. The largest absolute Gasteiger partial charge is 0.365 e. The van der Waals surface area contributed by atoms with Gasteiger partial charge in [0.1, 0.15) is 17.5 Å². The van der Waals surface area contributed by atoms with E-state index in [0.29, 0.717) is 0 Å². The molecule has 0 aliphatic rings. The van der Waals surface area contributed by atoms with E-state index in [1.165, 1.54) is 5.56 Å². The van der Waals surface area contributed by atoms with Crippen molar-refractivity contribution in [3.05, 3.63) is 41.7 Å². The summed E-state index contributed by atoms with van der Waals surface area (Å²) in [6.45, 7) is 14.9. The van der Waals surface area contributed by atoms with Crippen LogP contribution in [0.5, 0.6) is 0 Å². The van der Waals surface area contributed by atoms with Crippen LogP contribution in [-0.4, -0.2) is 15.5 Å². The van der Waals surface area contributed by atoms with Gasteiger partial charge in [-0.1, -0.05) is 39.0 Å². The van der Waals surface area contributed by atoms with Gasteiger partial charge in [0.25, 0.3) is 0 Å². The van der Waals surface area contributed by atoms with Crippen LogP contribution in [0.15, 0.2) is 30.3 Å². The molecule has 0 saturated heterocycles. The molecule has 23 heavy (non-hydrogen) atoms. The molecular formula is C19H28N4. The van der Waals surface area contributed by atoms with Crippen molar-refractivity contribution in [2.24, 2.45) is 0 Å². The van der Waals surface area contributed by atoms with Crippen LogP contribution in [0.4, 0.5) is 17.3 Å². The molecule has 4 heteroatoms. The summed E-state index contributed by atoms with van der Waals surface area (Å²) in [7, 11) is 0. The molecule has 0 radical (unpaired) electrons. The van der Waals surface area contributed by atoms with Gasteiger partial charge in [-0.15, -0.1) is 0 Å². The SMILES string of the molecule is Cc1nc(Nc2ccccc2C(C)(C)C)cc(NC(C)(C)C)n1. The van der Waals surface area contributed by atoms with Gasteiger partial charge in [-0.2, -0.15) is 0 Å². The van der Waals surface area contributed by atoms with E-state index in [4.69, 9.17) is 0 Å². The molecule has 0 aliphatic heterocycles. The maximum absolute atomic E-state index is 4.52. The van der Waals surface area contributed by atoms with Crippen LogP contribution in [0, 0.1) is 6.92 Å². The van der Waals surface area contributed by atoms with E-state index in [-0.39, 0.29) is 11.0 Å². The Morgan fingerprint density at radius 1 is 0.870 bits per heavy atom. The highest BCUT2D eigenvalue weighted by atomic mass is 15.1. The van der Waals surface area contributed by atoms with Crippen molar-refractivity contribution in [1.82, 2.24) is 9.97 Å². The molecule has 1 heterocycles. The summed E-state index contributed by atoms with van der Waals surface area (Å²) in [5, 5.41) is 6.86. The monoisotopic (exact) mass is 312 g/mol. The first kappa shape index (κ1) is 17.3. The van der Waals surface area contributed by atoms with Crippen LogP contribution < -0.4 is 10.6 Å². The Labute approximate surface area is 139 Å². The van der Waals surface area contributed by atoms with E-state index in [1.807, 2.05) is 19.1 Å². The molecule has 0 atom stereocenters. The van der Waals surface area contributed by atoms with E-state index >= 15 is 0 Å². The molecule has 1 aromatic heterocycles. The van der Waals surface area contributed by atoms with E-state index in [1.54, 1.807) is 0 Å². The number of hydrogen-bond acceptors (Lipinski definition) is 4. The van der Waals surface area contributed by atoms with Gasteiger partial charge in [-0.05, 0) is 44.7 Å². The minimum absolute atomic E-state index is 0.0403. The van der Waals surface area contributed by atoms with E-state index in [2.05, 4.69) is 80.3 Å². The van der Waals surface area contributed by atoms with Gasteiger partial charge < -0.3 is 10.6 Å². The zero-order chi connectivity index (χ0) is 17.3. The number of aromatic nitrogens is 2. The first-order valence-corrected chi connectivity index (χ1v) is 8.05. The molecule has 0 amide bonds. The zero-order valence-corrected chi connectivity index (χ0v) is 15.3. The van der Waals surface area contributed by atoms with Crippen molar-refractivity contribution in [1.29, 1.82) is 0 Å². The van der Waals surface area contributed by atoms with Crippen molar-refractivity contribution >= 4 is 17.3 Å². The van der Waals surface area contributed by atoms with Gasteiger partial charge in [0, 0.05) is 17.3 Å². The number of rotatable bonds is 3. The molecule has 2 aromatic rings. The average Bonchev–Trinajstić information content (AvgIpc) is 2.35. The molecular weight excluding hydrogens is 284 g/mol. The lowest BCUT2D eigenvalue weighted by atomic mass is 9.86. The Balaban J connectivity index is 2.35. The van der Waals surface area contributed by atoms with E-state index < -0.39 is 0 Å². The topological polar surface area (TPSA) is 49.8 Å². The highest BCUT2D eigenvalue weighted by Gasteiger charge is 2.18. The molecule has 0 aliphatic carbocycles. The van der Waals surface area contributed by atoms with Gasteiger partial charge in [-0.25, -0.2) is 9.97 Å². The van der Waals surface area contributed by atoms with E-state index in [9.17, 15) is 0 Å². The number of benzene rings is 1. The minimum Gasteiger partial charge on any atom is -0.365 e. The van der Waals surface area contributed by atoms with Crippen molar-refractivity contribution in [2.45, 2.75) is 59.4 Å². The lowest BCUT2D eigenvalue weighted by Crippen LogP contribution is -2.27. The fraction of sp³-hybridized carbons (Fsp3) is 0.474. The summed E-state index contributed by atoms with van der Waals surface area (Å²) in [6.07, 6.45) is 0. The van der Waals surface area contributed by atoms with Crippen molar-refractivity contribution < 1.29 is 0 Å². The van der Waals surface area contributed by atoms with Crippen molar-refractivity contribution in [2.75, 3.05) is 10.6 Å². The number of nitrogens with zero attached hydrogens (tertiary/aromatic N) is 2. The lowest BCUT2D eigenvalue weighted by Gasteiger charge is -2.24. The summed E-state index contributed by atoms with van der Waals surface area (Å²) in [5.74, 6) is 2.39. The molecule has 2 rings (SSSR count). The normalized spacial score (nSPS) is 12.1. The second kappa shape index (κ2) is 6.19. The third-order valence-corrected chi connectivity index (χ3v) is 3.34. The fourth-order valence-corrected chi connectivity index (χ4v) is 2.46. The Bertz CT molecular complexity index is 678. The number of para-hydroxylation sites is 1. The molecule has 2 N–H and O–H groups in total. The first-order chi connectivity index (χ1) is 10.5. The smallest absolute Gasteiger partial charge is 0.136 e. The van der Waals surface area contributed by atoms with Gasteiger partial charge in [-0.3, -0.25) is 0 Å². The zero-order valence-electron chi connectivity index (χ0n) is 15.3. The highest BCUT2D eigenvalue weighted by Crippen LogP contribution is 2.31. The Morgan fingerprint density at radius 3 is 2.09 bits per heavy atom. The van der Waals surface area contributed by atoms with Crippen LogP contribution >= 0.6 is 0 Å². The summed E-state index contributed by atoms with van der Waals surface area (Å²) in [5.41, 5.74) is 2.38. The number of nitrogens with one attached hydrogen (secondary N) is 2. The second-order valence-corrected chi connectivity index (χ2v) is 7.98. The van der Waals surface area contributed by atoms with Crippen LogP contribution in [0.1, 0.15) is 52.9 Å². The van der Waals surface area contributed by atoms with Crippen LogP contribution in [0.3, 0.4) is 0 Å². The quantitative estimate of drug-likeness (QED) is 0.834. The molecule has 0 unspecified atom stereocenters. The number of aryl methyl sites for hydroxylation is 1. The molecule has 0 saturated carbocycles.